The number of thiazole rings is 1. The summed E-state index contributed by atoms with van der Waals surface area (Å²) >= 11 is 1.37. The molecule has 0 spiro atoms. The number of carbonyl (C=O) groups excluding carboxylic acids is 2. The van der Waals surface area contributed by atoms with Gasteiger partial charge in [0, 0.05) is 23.2 Å². The molecule has 0 aliphatic rings. The number of nitrogens with zero attached hydrogens (tertiary/aromatic N) is 2. The van der Waals surface area contributed by atoms with Crippen molar-refractivity contribution in [2.45, 2.75) is 13.5 Å². The summed E-state index contributed by atoms with van der Waals surface area (Å²) in [5.41, 5.74) is 2.38. The van der Waals surface area contributed by atoms with Crippen molar-refractivity contribution in [2.24, 2.45) is 4.99 Å². The number of hydrogen-bond donors (Lipinski definition) is 0. The Balaban J connectivity index is 1.71. The molecule has 32 heavy (non-hydrogen) atoms. The fraction of sp³-hybridized carbons (Fsp3) is 0.160. The summed E-state index contributed by atoms with van der Waals surface area (Å²) in [7, 11) is 3.22. The SMILES string of the molecule is CCn1c(=NC(=O)c2ccc(C(=O)c3ccccc3)cc2)sc2c(OC)ccc(OC)c21. The number of aromatic nitrogens is 1. The summed E-state index contributed by atoms with van der Waals surface area (Å²) in [6, 6.07) is 19.3. The molecule has 162 valence electrons. The van der Waals surface area contributed by atoms with Gasteiger partial charge in [0.05, 0.1) is 14.2 Å². The zero-order valence-corrected chi connectivity index (χ0v) is 18.8. The maximum atomic E-state index is 12.9. The molecule has 6 nitrogen and oxygen atoms in total. The Bertz CT molecular complexity index is 1350. The number of amides is 1. The molecule has 0 radical (unpaired) electrons. The van der Waals surface area contributed by atoms with E-state index in [1.165, 1.54) is 11.3 Å². The lowest BCUT2D eigenvalue weighted by atomic mass is 10.0. The molecule has 0 atom stereocenters. The van der Waals surface area contributed by atoms with E-state index in [2.05, 4.69) is 4.99 Å². The molecule has 1 heterocycles. The highest BCUT2D eigenvalue weighted by atomic mass is 32.1. The average Bonchev–Trinajstić information content (AvgIpc) is 3.21. The molecule has 1 aromatic heterocycles. The van der Waals surface area contributed by atoms with Gasteiger partial charge in [0.15, 0.2) is 10.6 Å². The van der Waals surface area contributed by atoms with Crippen molar-refractivity contribution >= 4 is 33.2 Å². The Morgan fingerprint density at radius 2 is 1.44 bits per heavy atom. The quantitative estimate of drug-likeness (QED) is 0.402. The highest BCUT2D eigenvalue weighted by molar-refractivity contribution is 7.16. The summed E-state index contributed by atoms with van der Waals surface area (Å²) in [5, 5.41) is 0. The molecular formula is C25H22N2O4S. The number of ether oxygens (including phenoxy) is 2. The highest BCUT2D eigenvalue weighted by Crippen LogP contribution is 2.35. The number of benzene rings is 3. The third-order valence-electron chi connectivity index (χ3n) is 5.14. The summed E-state index contributed by atoms with van der Waals surface area (Å²) in [6.45, 7) is 2.60. The topological polar surface area (TPSA) is 69.9 Å². The number of fused-ring (bicyclic) bond motifs is 1. The van der Waals surface area contributed by atoms with E-state index in [1.807, 2.05) is 41.8 Å². The smallest absolute Gasteiger partial charge is 0.279 e. The molecular weight excluding hydrogens is 424 g/mol. The van der Waals surface area contributed by atoms with Crippen molar-refractivity contribution in [1.29, 1.82) is 0 Å². The van der Waals surface area contributed by atoms with Gasteiger partial charge in [-0.2, -0.15) is 4.99 Å². The molecule has 4 aromatic rings. The van der Waals surface area contributed by atoms with Crippen LogP contribution in [0, 0.1) is 0 Å². The van der Waals surface area contributed by atoms with E-state index in [4.69, 9.17) is 9.47 Å². The second kappa shape index (κ2) is 9.20. The first kappa shape index (κ1) is 21.5. The van der Waals surface area contributed by atoms with Crippen LogP contribution in [0.15, 0.2) is 71.7 Å². The normalized spacial score (nSPS) is 11.5. The van der Waals surface area contributed by atoms with Crippen LogP contribution in [0.3, 0.4) is 0 Å². The Morgan fingerprint density at radius 3 is 2.06 bits per heavy atom. The molecule has 0 aliphatic heterocycles. The van der Waals surface area contributed by atoms with Gasteiger partial charge in [-0.3, -0.25) is 9.59 Å². The molecule has 1 amide bonds. The van der Waals surface area contributed by atoms with Gasteiger partial charge in [0.25, 0.3) is 5.91 Å². The predicted octanol–water partition coefficient (Wildman–Crippen LogP) is 4.71. The molecule has 3 aromatic carbocycles. The van der Waals surface area contributed by atoms with Gasteiger partial charge in [-0.1, -0.05) is 53.8 Å². The zero-order valence-electron chi connectivity index (χ0n) is 18.0. The average molecular weight is 447 g/mol. The van der Waals surface area contributed by atoms with Gasteiger partial charge in [0.1, 0.15) is 21.7 Å². The number of hydrogen-bond acceptors (Lipinski definition) is 5. The minimum atomic E-state index is -0.379. The minimum absolute atomic E-state index is 0.0888. The molecule has 0 aliphatic carbocycles. The van der Waals surface area contributed by atoms with E-state index in [9.17, 15) is 9.59 Å². The van der Waals surface area contributed by atoms with E-state index >= 15 is 0 Å². The van der Waals surface area contributed by atoms with Crippen LogP contribution in [0.25, 0.3) is 10.2 Å². The van der Waals surface area contributed by atoms with Crippen molar-refractivity contribution in [1.82, 2.24) is 4.57 Å². The van der Waals surface area contributed by atoms with Crippen molar-refractivity contribution in [3.8, 4) is 11.5 Å². The van der Waals surface area contributed by atoms with Crippen LogP contribution < -0.4 is 14.3 Å². The van der Waals surface area contributed by atoms with Gasteiger partial charge in [-0.05, 0) is 31.2 Å². The lowest BCUT2D eigenvalue weighted by Gasteiger charge is -2.08. The van der Waals surface area contributed by atoms with Gasteiger partial charge < -0.3 is 14.0 Å². The summed E-state index contributed by atoms with van der Waals surface area (Å²) in [5.74, 6) is 0.923. The van der Waals surface area contributed by atoms with Gasteiger partial charge >= 0.3 is 0 Å². The van der Waals surface area contributed by atoms with E-state index in [1.54, 1.807) is 50.6 Å². The zero-order chi connectivity index (χ0) is 22.7. The van der Waals surface area contributed by atoms with Crippen LogP contribution in [0.4, 0.5) is 0 Å². The third kappa shape index (κ3) is 3.94. The summed E-state index contributed by atoms with van der Waals surface area (Å²) in [4.78, 5) is 30.4. The molecule has 0 saturated carbocycles. The van der Waals surface area contributed by atoms with Crippen LogP contribution in [0.1, 0.15) is 33.2 Å². The number of carbonyl (C=O) groups is 2. The Morgan fingerprint density at radius 1 is 0.844 bits per heavy atom. The van der Waals surface area contributed by atoms with Crippen molar-refractivity contribution < 1.29 is 19.1 Å². The van der Waals surface area contributed by atoms with Crippen LogP contribution in [-0.4, -0.2) is 30.5 Å². The van der Waals surface area contributed by atoms with Gasteiger partial charge in [-0.15, -0.1) is 0 Å². The molecule has 0 bridgehead atoms. The lowest BCUT2D eigenvalue weighted by molar-refractivity contribution is 0.0994. The number of rotatable bonds is 6. The van der Waals surface area contributed by atoms with Gasteiger partial charge in [-0.25, -0.2) is 0 Å². The number of methoxy groups -OCH3 is 2. The molecule has 4 rings (SSSR count). The minimum Gasteiger partial charge on any atom is -0.495 e. The molecule has 0 saturated heterocycles. The summed E-state index contributed by atoms with van der Waals surface area (Å²) in [6.07, 6.45) is 0. The number of ketones is 1. The van der Waals surface area contributed by atoms with E-state index in [-0.39, 0.29) is 11.7 Å². The molecule has 7 heteroatoms. The second-order valence-corrected chi connectivity index (χ2v) is 7.94. The molecule has 0 unspecified atom stereocenters. The molecule has 0 N–H and O–H groups in total. The monoisotopic (exact) mass is 446 g/mol. The van der Waals surface area contributed by atoms with E-state index < -0.39 is 0 Å². The summed E-state index contributed by atoms with van der Waals surface area (Å²) < 4.78 is 13.8. The number of aryl methyl sites for hydroxylation is 1. The van der Waals surface area contributed by atoms with Crippen molar-refractivity contribution in [3.63, 3.8) is 0 Å². The Labute approximate surface area is 189 Å². The first-order valence-corrected chi connectivity index (χ1v) is 10.9. The predicted molar refractivity (Wildman–Crippen MR) is 125 cm³/mol. The fourth-order valence-corrected chi connectivity index (χ4v) is 4.71. The lowest BCUT2D eigenvalue weighted by Crippen LogP contribution is -2.16. The first-order chi connectivity index (χ1) is 15.6. The molecule has 0 fully saturated rings. The van der Waals surface area contributed by atoms with Gasteiger partial charge in [0.2, 0.25) is 0 Å². The van der Waals surface area contributed by atoms with Crippen molar-refractivity contribution in [2.75, 3.05) is 14.2 Å². The fourth-order valence-electron chi connectivity index (χ4n) is 3.50. The Hall–Kier alpha value is -3.71. The van der Waals surface area contributed by atoms with Crippen molar-refractivity contribution in [3.05, 3.63) is 88.2 Å². The second-order valence-electron chi connectivity index (χ2n) is 6.97. The largest absolute Gasteiger partial charge is 0.495 e. The van der Waals surface area contributed by atoms with E-state index in [0.29, 0.717) is 39.5 Å². The van der Waals surface area contributed by atoms with Crippen LogP contribution in [0.2, 0.25) is 0 Å². The first-order valence-electron chi connectivity index (χ1n) is 10.1. The maximum Gasteiger partial charge on any atom is 0.279 e. The highest BCUT2D eigenvalue weighted by Gasteiger charge is 2.16. The third-order valence-corrected chi connectivity index (χ3v) is 6.23. The van der Waals surface area contributed by atoms with E-state index in [0.717, 1.165) is 10.2 Å². The Kier molecular flexibility index (Phi) is 6.18. The van der Waals surface area contributed by atoms with Crippen LogP contribution in [0.5, 0.6) is 11.5 Å². The maximum absolute atomic E-state index is 12.9. The standard InChI is InChI=1S/C25H22N2O4S/c1-4-27-21-19(30-2)14-15-20(31-3)23(21)32-25(27)26-24(29)18-12-10-17(11-13-18)22(28)16-8-6-5-7-9-16/h5-15H,4H2,1-3H3. The van der Waals surface area contributed by atoms with Crippen LogP contribution in [-0.2, 0) is 6.54 Å². The van der Waals surface area contributed by atoms with Crippen LogP contribution >= 0.6 is 11.3 Å².